The molecule has 0 aromatic rings. The summed E-state index contributed by atoms with van der Waals surface area (Å²) in [6.07, 6.45) is 1.71. The molecule has 0 aromatic carbocycles. The van der Waals surface area contributed by atoms with Crippen LogP contribution in [0.5, 0.6) is 0 Å². The maximum Gasteiger partial charge on any atom is 0.326 e. The predicted octanol–water partition coefficient (Wildman–Crippen LogP) is 1.18. The molecular formula is C10H17NO3. The van der Waals surface area contributed by atoms with Crippen molar-refractivity contribution in [1.29, 1.82) is 0 Å². The average Bonchev–Trinajstić information content (AvgIpc) is 2.01. The SMILES string of the molecule is C=CCC(NC(=O)C(C)(C)C)C(=O)O. The Morgan fingerprint density at radius 3 is 2.29 bits per heavy atom. The lowest BCUT2D eigenvalue weighted by molar-refractivity contribution is -0.143. The zero-order chi connectivity index (χ0) is 11.4. The molecule has 0 heterocycles. The first-order valence-electron chi connectivity index (χ1n) is 4.43. The standard InChI is InChI=1S/C10H17NO3/c1-5-6-7(8(12)13)11-9(14)10(2,3)4/h5,7H,1,6H2,2-4H3,(H,11,14)(H,12,13). The highest BCUT2D eigenvalue weighted by Gasteiger charge is 2.26. The molecule has 0 bridgehead atoms. The lowest BCUT2D eigenvalue weighted by Crippen LogP contribution is -2.45. The Morgan fingerprint density at radius 1 is 1.50 bits per heavy atom. The number of hydrogen-bond donors (Lipinski definition) is 2. The van der Waals surface area contributed by atoms with Crippen LogP contribution in [-0.2, 0) is 9.59 Å². The third-order valence-electron chi connectivity index (χ3n) is 1.69. The van der Waals surface area contributed by atoms with E-state index in [9.17, 15) is 9.59 Å². The van der Waals surface area contributed by atoms with Crippen molar-refractivity contribution in [3.8, 4) is 0 Å². The maximum absolute atomic E-state index is 11.4. The Hall–Kier alpha value is -1.32. The van der Waals surface area contributed by atoms with Gasteiger partial charge in [0.2, 0.25) is 5.91 Å². The lowest BCUT2D eigenvalue weighted by Gasteiger charge is -2.21. The molecule has 0 aliphatic rings. The third kappa shape index (κ3) is 4.07. The summed E-state index contributed by atoms with van der Waals surface area (Å²) in [4.78, 5) is 22.1. The summed E-state index contributed by atoms with van der Waals surface area (Å²) in [5, 5.41) is 11.2. The van der Waals surface area contributed by atoms with E-state index >= 15 is 0 Å². The highest BCUT2D eigenvalue weighted by Crippen LogP contribution is 2.13. The minimum absolute atomic E-state index is 0.233. The van der Waals surface area contributed by atoms with Crippen molar-refractivity contribution in [3.63, 3.8) is 0 Å². The molecule has 0 saturated carbocycles. The van der Waals surface area contributed by atoms with Crippen molar-refractivity contribution in [2.24, 2.45) is 5.41 Å². The number of carboxylic acids is 1. The van der Waals surface area contributed by atoms with Crippen molar-refractivity contribution in [3.05, 3.63) is 12.7 Å². The van der Waals surface area contributed by atoms with Crippen molar-refractivity contribution >= 4 is 11.9 Å². The Labute approximate surface area is 84.0 Å². The van der Waals surface area contributed by atoms with Crippen LogP contribution in [0.25, 0.3) is 0 Å². The molecule has 1 unspecified atom stereocenters. The van der Waals surface area contributed by atoms with Gasteiger partial charge < -0.3 is 10.4 Å². The van der Waals surface area contributed by atoms with Gasteiger partial charge >= 0.3 is 5.97 Å². The van der Waals surface area contributed by atoms with E-state index in [1.165, 1.54) is 6.08 Å². The molecule has 0 aliphatic carbocycles. The molecule has 4 nitrogen and oxygen atoms in total. The zero-order valence-electron chi connectivity index (χ0n) is 8.83. The molecule has 1 amide bonds. The van der Waals surface area contributed by atoms with Crippen LogP contribution in [0.4, 0.5) is 0 Å². The minimum atomic E-state index is -1.04. The van der Waals surface area contributed by atoms with Gasteiger partial charge in [-0.05, 0) is 6.42 Å². The molecule has 0 radical (unpaired) electrons. The number of carboxylic acid groups (broad SMARTS) is 1. The second-order valence-electron chi connectivity index (χ2n) is 4.14. The molecule has 0 aromatic heterocycles. The van der Waals surface area contributed by atoms with Gasteiger partial charge in [0.25, 0.3) is 0 Å². The van der Waals surface area contributed by atoms with Crippen LogP contribution in [0.3, 0.4) is 0 Å². The Morgan fingerprint density at radius 2 is 2.00 bits per heavy atom. The summed E-state index contributed by atoms with van der Waals surface area (Å²) < 4.78 is 0. The Bertz CT molecular complexity index is 240. The van der Waals surface area contributed by atoms with Crippen molar-refractivity contribution in [2.45, 2.75) is 33.2 Å². The van der Waals surface area contributed by atoms with Crippen molar-refractivity contribution in [1.82, 2.24) is 5.32 Å². The molecule has 0 aliphatic heterocycles. The molecular weight excluding hydrogens is 182 g/mol. The van der Waals surface area contributed by atoms with Crippen LogP contribution in [0.15, 0.2) is 12.7 Å². The molecule has 2 N–H and O–H groups in total. The first-order chi connectivity index (χ1) is 6.29. The lowest BCUT2D eigenvalue weighted by atomic mass is 9.95. The summed E-state index contributed by atoms with van der Waals surface area (Å²) in [7, 11) is 0. The number of carbonyl (C=O) groups excluding carboxylic acids is 1. The van der Waals surface area contributed by atoms with Gasteiger partial charge in [0, 0.05) is 5.41 Å². The molecule has 0 rings (SSSR count). The smallest absolute Gasteiger partial charge is 0.326 e. The van der Waals surface area contributed by atoms with Crippen LogP contribution < -0.4 is 5.32 Å². The molecule has 0 spiro atoms. The highest BCUT2D eigenvalue weighted by molar-refractivity contribution is 5.86. The number of amides is 1. The molecule has 1 atom stereocenters. The summed E-state index contributed by atoms with van der Waals surface area (Å²) in [5.41, 5.74) is -0.575. The number of carbonyl (C=O) groups is 2. The summed E-state index contributed by atoms with van der Waals surface area (Å²) in [6, 6.07) is -0.876. The van der Waals surface area contributed by atoms with Crippen LogP contribution >= 0.6 is 0 Å². The number of hydrogen-bond acceptors (Lipinski definition) is 2. The second-order valence-corrected chi connectivity index (χ2v) is 4.14. The van der Waals surface area contributed by atoms with E-state index in [-0.39, 0.29) is 12.3 Å². The molecule has 0 saturated heterocycles. The van der Waals surface area contributed by atoms with E-state index in [4.69, 9.17) is 5.11 Å². The first kappa shape index (κ1) is 12.7. The van der Waals surface area contributed by atoms with Crippen LogP contribution in [-0.4, -0.2) is 23.0 Å². The van der Waals surface area contributed by atoms with Crippen LogP contribution in [0, 0.1) is 5.41 Å². The quantitative estimate of drug-likeness (QED) is 0.668. The van der Waals surface area contributed by atoms with Gasteiger partial charge in [-0.15, -0.1) is 6.58 Å². The van der Waals surface area contributed by atoms with Crippen LogP contribution in [0.2, 0.25) is 0 Å². The number of aliphatic carboxylic acids is 1. The molecule has 80 valence electrons. The van der Waals surface area contributed by atoms with Gasteiger partial charge in [-0.25, -0.2) is 4.79 Å². The largest absolute Gasteiger partial charge is 0.480 e. The van der Waals surface area contributed by atoms with E-state index in [0.29, 0.717) is 0 Å². The van der Waals surface area contributed by atoms with Crippen LogP contribution in [0.1, 0.15) is 27.2 Å². The number of rotatable bonds is 4. The Balaban J connectivity index is 4.38. The average molecular weight is 199 g/mol. The normalized spacial score (nSPS) is 13.1. The van der Waals surface area contributed by atoms with E-state index in [1.54, 1.807) is 20.8 Å². The molecule has 0 fully saturated rings. The molecule has 4 heteroatoms. The fourth-order valence-electron chi connectivity index (χ4n) is 0.763. The monoisotopic (exact) mass is 199 g/mol. The maximum atomic E-state index is 11.4. The van der Waals surface area contributed by atoms with Gasteiger partial charge in [-0.2, -0.15) is 0 Å². The summed E-state index contributed by atoms with van der Waals surface area (Å²) in [6.45, 7) is 8.63. The van der Waals surface area contributed by atoms with Gasteiger partial charge in [0.05, 0.1) is 0 Å². The molecule has 14 heavy (non-hydrogen) atoms. The minimum Gasteiger partial charge on any atom is -0.480 e. The second kappa shape index (κ2) is 4.79. The topological polar surface area (TPSA) is 66.4 Å². The first-order valence-corrected chi connectivity index (χ1v) is 4.43. The number of nitrogens with one attached hydrogen (secondary N) is 1. The fourth-order valence-corrected chi connectivity index (χ4v) is 0.763. The van der Waals surface area contributed by atoms with Gasteiger partial charge in [-0.1, -0.05) is 26.8 Å². The van der Waals surface area contributed by atoms with E-state index < -0.39 is 17.4 Å². The van der Waals surface area contributed by atoms with E-state index in [0.717, 1.165) is 0 Å². The third-order valence-corrected chi connectivity index (χ3v) is 1.69. The van der Waals surface area contributed by atoms with E-state index in [1.807, 2.05) is 0 Å². The fraction of sp³-hybridized carbons (Fsp3) is 0.600. The van der Waals surface area contributed by atoms with Gasteiger partial charge in [0.1, 0.15) is 6.04 Å². The highest BCUT2D eigenvalue weighted by atomic mass is 16.4. The summed E-state index contributed by atoms with van der Waals surface area (Å²) >= 11 is 0. The predicted molar refractivity (Wildman–Crippen MR) is 53.8 cm³/mol. The van der Waals surface area contributed by atoms with Crippen molar-refractivity contribution < 1.29 is 14.7 Å². The van der Waals surface area contributed by atoms with Crippen molar-refractivity contribution in [2.75, 3.05) is 0 Å². The summed E-state index contributed by atoms with van der Waals surface area (Å²) in [5.74, 6) is -1.31. The van der Waals surface area contributed by atoms with Gasteiger partial charge in [-0.3, -0.25) is 4.79 Å². The van der Waals surface area contributed by atoms with E-state index in [2.05, 4.69) is 11.9 Å². The zero-order valence-corrected chi connectivity index (χ0v) is 8.83. The van der Waals surface area contributed by atoms with Gasteiger partial charge in [0.15, 0.2) is 0 Å². The Kier molecular flexibility index (Phi) is 4.34.